The fourth-order valence-electron chi connectivity index (χ4n) is 2.61. The summed E-state index contributed by atoms with van der Waals surface area (Å²) in [7, 11) is 0. The molecule has 144 valence electrons. The molecular weight excluding hydrogens is 379 g/mol. The summed E-state index contributed by atoms with van der Waals surface area (Å²) < 4.78 is 59.0. The summed E-state index contributed by atoms with van der Waals surface area (Å²) in [5.74, 6) is 0.729. The van der Waals surface area contributed by atoms with Crippen LogP contribution in [-0.4, -0.2) is 17.9 Å². The van der Waals surface area contributed by atoms with Crippen LogP contribution in [0.3, 0.4) is 0 Å². The maximum atomic E-state index is 12.7. The molecule has 0 N–H and O–H groups in total. The van der Waals surface area contributed by atoms with E-state index in [0.717, 1.165) is 18.2 Å². The number of ether oxygens (including phenoxy) is 3. The molecule has 1 aromatic heterocycles. The first-order valence-corrected chi connectivity index (χ1v) is 8.10. The summed E-state index contributed by atoms with van der Waals surface area (Å²) in [5.41, 5.74) is -0.122. The van der Waals surface area contributed by atoms with Crippen LogP contribution in [0.4, 0.5) is 13.2 Å². The second kappa shape index (κ2) is 6.91. The van der Waals surface area contributed by atoms with E-state index in [1.54, 1.807) is 24.3 Å². The van der Waals surface area contributed by atoms with Crippen LogP contribution >= 0.6 is 0 Å². The molecule has 0 saturated heterocycles. The first-order valence-electron chi connectivity index (χ1n) is 8.10. The fraction of sp³-hybridized carbons (Fsp3) is 0.158. The SMILES string of the molecule is O=C(OCc1cc(-c2ccc3c(c2)OCO3)on1)c1cccc(C(F)(F)F)c1. The highest BCUT2D eigenvalue weighted by atomic mass is 19.4. The van der Waals surface area contributed by atoms with Gasteiger partial charge in [-0.25, -0.2) is 4.79 Å². The third kappa shape index (κ3) is 3.64. The van der Waals surface area contributed by atoms with Gasteiger partial charge in [-0.1, -0.05) is 11.2 Å². The van der Waals surface area contributed by atoms with Crippen LogP contribution in [-0.2, 0) is 17.5 Å². The Morgan fingerprint density at radius 3 is 2.71 bits per heavy atom. The lowest BCUT2D eigenvalue weighted by molar-refractivity contribution is -0.137. The normalized spacial score (nSPS) is 12.8. The van der Waals surface area contributed by atoms with Crippen molar-refractivity contribution in [3.8, 4) is 22.8 Å². The second-order valence-electron chi connectivity index (χ2n) is 5.91. The van der Waals surface area contributed by atoms with Crippen LogP contribution in [0.5, 0.6) is 11.5 Å². The number of hydrogen-bond acceptors (Lipinski definition) is 6. The minimum atomic E-state index is -4.54. The highest BCUT2D eigenvalue weighted by Gasteiger charge is 2.31. The van der Waals surface area contributed by atoms with Crippen molar-refractivity contribution in [3.63, 3.8) is 0 Å². The highest BCUT2D eigenvalue weighted by molar-refractivity contribution is 5.89. The average Bonchev–Trinajstić information content (AvgIpc) is 3.34. The molecule has 9 heteroatoms. The monoisotopic (exact) mass is 391 g/mol. The Labute approximate surface area is 156 Å². The molecule has 0 amide bonds. The van der Waals surface area contributed by atoms with Gasteiger partial charge in [-0.15, -0.1) is 0 Å². The lowest BCUT2D eigenvalue weighted by Gasteiger charge is -2.08. The lowest BCUT2D eigenvalue weighted by Crippen LogP contribution is -2.09. The number of carbonyl (C=O) groups excluding carboxylic acids is 1. The van der Waals surface area contributed by atoms with Crippen LogP contribution in [0.25, 0.3) is 11.3 Å². The van der Waals surface area contributed by atoms with Gasteiger partial charge in [-0.3, -0.25) is 0 Å². The summed E-state index contributed by atoms with van der Waals surface area (Å²) >= 11 is 0. The smallest absolute Gasteiger partial charge is 0.416 e. The highest BCUT2D eigenvalue weighted by Crippen LogP contribution is 2.36. The van der Waals surface area contributed by atoms with Gasteiger partial charge in [0, 0.05) is 11.6 Å². The Kier molecular flexibility index (Phi) is 4.42. The number of fused-ring (bicyclic) bond motifs is 1. The Bertz CT molecular complexity index is 1030. The Morgan fingerprint density at radius 2 is 1.89 bits per heavy atom. The van der Waals surface area contributed by atoms with Gasteiger partial charge >= 0.3 is 12.1 Å². The summed E-state index contributed by atoms with van der Waals surface area (Å²) in [5, 5.41) is 3.80. The lowest BCUT2D eigenvalue weighted by atomic mass is 10.1. The van der Waals surface area contributed by atoms with Crippen molar-refractivity contribution in [1.29, 1.82) is 0 Å². The molecule has 0 aliphatic carbocycles. The summed E-state index contributed by atoms with van der Waals surface area (Å²) in [6.07, 6.45) is -4.54. The minimum Gasteiger partial charge on any atom is -0.455 e. The average molecular weight is 391 g/mol. The number of rotatable bonds is 4. The van der Waals surface area contributed by atoms with E-state index >= 15 is 0 Å². The topological polar surface area (TPSA) is 70.8 Å². The zero-order chi connectivity index (χ0) is 19.7. The summed E-state index contributed by atoms with van der Waals surface area (Å²) in [6.45, 7) is -0.102. The van der Waals surface area contributed by atoms with Gasteiger partial charge in [0.15, 0.2) is 17.3 Å². The van der Waals surface area contributed by atoms with E-state index in [2.05, 4.69) is 5.16 Å². The largest absolute Gasteiger partial charge is 0.455 e. The molecular formula is C19H12F3NO5. The molecule has 0 spiro atoms. The second-order valence-corrected chi connectivity index (χ2v) is 5.91. The van der Waals surface area contributed by atoms with E-state index in [0.29, 0.717) is 28.5 Å². The third-order valence-electron chi connectivity index (χ3n) is 3.99. The van der Waals surface area contributed by atoms with Crippen molar-refractivity contribution < 1.29 is 36.7 Å². The molecule has 4 rings (SSSR count). The third-order valence-corrected chi connectivity index (χ3v) is 3.99. The van der Waals surface area contributed by atoms with Crippen LogP contribution < -0.4 is 9.47 Å². The zero-order valence-electron chi connectivity index (χ0n) is 14.2. The number of alkyl halides is 3. The number of carbonyl (C=O) groups is 1. The van der Waals surface area contributed by atoms with Gasteiger partial charge in [0.25, 0.3) is 0 Å². The molecule has 3 aromatic rings. The van der Waals surface area contributed by atoms with Gasteiger partial charge < -0.3 is 18.7 Å². The molecule has 1 aliphatic rings. The fourth-order valence-corrected chi connectivity index (χ4v) is 2.61. The number of halogens is 3. The Hall–Kier alpha value is -3.49. The van der Waals surface area contributed by atoms with E-state index in [1.807, 2.05) is 0 Å². The van der Waals surface area contributed by atoms with Gasteiger partial charge in [-0.05, 0) is 36.4 Å². The van der Waals surface area contributed by atoms with E-state index in [9.17, 15) is 18.0 Å². The number of benzene rings is 2. The molecule has 28 heavy (non-hydrogen) atoms. The molecule has 0 saturated carbocycles. The van der Waals surface area contributed by atoms with E-state index in [1.165, 1.54) is 6.07 Å². The van der Waals surface area contributed by atoms with Crippen molar-refractivity contribution in [1.82, 2.24) is 5.16 Å². The van der Waals surface area contributed by atoms with Crippen molar-refractivity contribution in [2.45, 2.75) is 12.8 Å². The van der Waals surface area contributed by atoms with E-state index in [4.69, 9.17) is 18.7 Å². The number of hydrogen-bond donors (Lipinski definition) is 0. The molecule has 0 fully saturated rings. The van der Waals surface area contributed by atoms with E-state index < -0.39 is 17.7 Å². The van der Waals surface area contributed by atoms with Gasteiger partial charge in [0.2, 0.25) is 6.79 Å². The summed E-state index contributed by atoms with van der Waals surface area (Å²) in [4.78, 5) is 12.0. The Morgan fingerprint density at radius 1 is 1.07 bits per heavy atom. The summed E-state index contributed by atoms with van der Waals surface area (Å²) in [6, 6.07) is 10.8. The number of nitrogens with zero attached hydrogens (tertiary/aromatic N) is 1. The quantitative estimate of drug-likeness (QED) is 0.612. The van der Waals surface area contributed by atoms with Crippen molar-refractivity contribution in [3.05, 3.63) is 65.4 Å². The molecule has 0 atom stereocenters. The van der Waals surface area contributed by atoms with Crippen molar-refractivity contribution >= 4 is 5.97 Å². The first-order chi connectivity index (χ1) is 13.4. The number of esters is 1. The molecule has 0 bridgehead atoms. The van der Waals surface area contributed by atoms with Crippen LogP contribution in [0.1, 0.15) is 21.6 Å². The number of aromatic nitrogens is 1. The van der Waals surface area contributed by atoms with Crippen LogP contribution in [0.2, 0.25) is 0 Å². The molecule has 1 aliphatic heterocycles. The minimum absolute atomic E-state index is 0.145. The van der Waals surface area contributed by atoms with Crippen molar-refractivity contribution in [2.24, 2.45) is 0 Å². The van der Waals surface area contributed by atoms with Crippen LogP contribution in [0, 0.1) is 0 Å². The maximum Gasteiger partial charge on any atom is 0.416 e. The maximum absolute atomic E-state index is 12.7. The molecule has 6 nitrogen and oxygen atoms in total. The van der Waals surface area contributed by atoms with Crippen molar-refractivity contribution in [2.75, 3.05) is 6.79 Å². The standard InChI is InChI=1S/C19H12F3NO5/c20-19(21,22)13-3-1-2-12(6-13)18(24)25-9-14-8-16(28-23-14)11-4-5-15-17(7-11)27-10-26-15/h1-8H,9-10H2. The van der Waals surface area contributed by atoms with Crippen LogP contribution in [0.15, 0.2) is 53.1 Å². The zero-order valence-corrected chi connectivity index (χ0v) is 14.2. The Balaban J connectivity index is 1.43. The predicted molar refractivity (Wildman–Crippen MR) is 88.6 cm³/mol. The molecule has 0 unspecified atom stereocenters. The van der Waals surface area contributed by atoms with Gasteiger partial charge in [0.05, 0.1) is 11.1 Å². The first kappa shape index (κ1) is 17.9. The van der Waals surface area contributed by atoms with E-state index in [-0.39, 0.29) is 19.0 Å². The van der Waals surface area contributed by atoms with Gasteiger partial charge in [-0.2, -0.15) is 13.2 Å². The molecule has 0 radical (unpaired) electrons. The predicted octanol–water partition coefficient (Wildman–Crippen LogP) is 4.45. The van der Waals surface area contributed by atoms with Gasteiger partial charge in [0.1, 0.15) is 12.3 Å². The molecule has 2 aromatic carbocycles. The molecule has 2 heterocycles.